The fourth-order valence-electron chi connectivity index (χ4n) is 3.69. The molecule has 0 aromatic carbocycles. The molecule has 26 heavy (non-hydrogen) atoms. The molecule has 1 N–H and O–H groups in total. The summed E-state index contributed by atoms with van der Waals surface area (Å²) in [5, 5.41) is 9.15. The number of amides is 1. The van der Waals surface area contributed by atoms with Crippen LogP contribution in [0.2, 0.25) is 0 Å². The first-order chi connectivity index (χ1) is 12.5. The highest BCUT2D eigenvalue weighted by atomic mass is 32.1. The molecule has 142 valence electrons. The smallest absolute Gasteiger partial charge is 0.227 e. The maximum atomic E-state index is 12.3. The van der Waals surface area contributed by atoms with Gasteiger partial charge in [0.25, 0.3) is 0 Å². The first kappa shape index (κ1) is 19.1. The maximum absolute atomic E-state index is 12.3. The van der Waals surface area contributed by atoms with Crippen LogP contribution < -0.4 is 5.32 Å². The molecule has 1 saturated carbocycles. The number of thiophene rings is 1. The highest BCUT2D eigenvalue weighted by Gasteiger charge is 2.32. The lowest BCUT2D eigenvalue weighted by molar-refractivity contribution is -0.122. The number of nitrogens with one attached hydrogen (secondary N) is 1. The molecule has 1 aliphatic carbocycles. The van der Waals surface area contributed by atoms with Crippen molar-refractivity contribution in [2.75, 3.05) is 0 Å². The molecule has 0 spiro atoms. The SMILES string of the molecule is CCC(C)(C)C1CCC(NC(=O)CCc2nc(-c3cccs3)no2)CC1. The lowest BCUT2D eigenvalue weighted by atomic mass is 9.69. The quantitative estimate of drug-likeness (QED) is 0.752. The first-order valence-electron chi connectivity index (χ1n) is 9.63. The third-order valence-corrected chi connectivity index (χ3v) is 6.75. The summed E-state index contributed by atoms with van der Waals surface area (Å²) in [7, 11) is 0. The molecule has 0 bridgehead atoms. The molecule has 1 aliphatic rings. The van der Waals surface area contributed by atoms with Gasteiger partial charge in [-0.15, -0.1) is 11.3 Å². The van der Waals surface area contributed by atoms with Gasteiger partial charge in [0.05, 0.1) is 4.88 Å². The molecule has 2 heterocycles. The van der Waals surface area contributed by atoms with Gasteiger partial charge in [0.15, 0.2) is 0 Å². The van der Waals surface area contributed by atoms with Gasteiger partial charge < -0.3 is 9.84 Å². The normalized spacial score (nSPS) is 20.9. The van der Waals surface area contributed by atoms with E-state index in [1.165, 1.54) is 19.3 Å². The summed E-state index contributed by atoms with van der Waals surface area (Å²) in [6, 6.07) is 4.23. The number of aromatic nitrogens is 2. The topological polar surface area (TPSA) is 68.0 Å². The Hall–Kier alpha value is -1.69. The molecule has 0 saturated heterocycles. The Morgan fingerprint density at radius 2 is 2.12 bits per heavy atom. The lowest BCUT2D eigenvalue weighted by Gasteiger charge is -2.39. The minimum atomic E-state index is 0.0825. The van der Waals surface area contributed by atoms with E-state index >= 15 is 0 Å². The van der Waals surface area contributed by atoms with Gasteiger partial charge >= 0.3 is 0 Å². The van der Waals surface area contributed by atoms with E-state index in [4.69, 9.17) is 4.52 Å². The number of hydrogen-bond acceptors (Lipinski definition) is 5. The molecule has 0 aliphatic heterocycles. The summed E-state index contributed by atoms with van der Waals surface area (Å²) in [5.74, 6) is 1.98. The Labute approximate surface area is 159 Å². The fraction of sp³-hybridized carbons (Fsp3) is 0.650. The molecule has 0 radical (unpaired) electrons. The van der Waals surface area contributed by atoms with Gasteiger partial charge in [-0.25, -0.2) is 0 Å². The van der Waals surface area contributed by atoms with Crippen molar-refractivity contribution in [2.24, 2.45) is 11.3 Å². The van der Waals surface area contributed by atoms with Crippen LogP contribution in [0.15, 0.2) is 22.0 Å². The molecule has 2 aromatic heterocycles. The van der Waals surface area contributed by atoms with Gasteiger partial charge in [0.1, 0.15) is 0 Å². The summed E-state index contributed by atoms with van der Waals surface area (Å²) >= 11 is 1.58. The molecule has 5 nitrogen and oxygen atoms in total. The van der Waals surface area contributed by atoms with Crippen LogP contribution in [0.1, 0.15) is 65.2 Å². The van der Waals surface area contributed by atoms with Crippen molar-refractivity contribution in [2.45, 2.75) is 71.8 Å². The van der Waals surface area contributed by atoms with E-state index in [9.17, 15) is 4.79 Å². The Morgan fingerprint density at radius 1 is 1.35 bits per heavy atom. The van der Waals surface area contributed by atoms with Gasteiger partial charge in [-0.05, 0) is 48.5 Å². The molecule has 0 atom stereocenters. The third-order valence-electron chi connectivity index (χ3n) is 5.88. The molecule has 6 heteroatoms. The van der Waals surface area contributed by atoms with Crippen LogP contribution in [0.4, 0.5) is 0 Å². The zero-order valence-corrected chi connectivity index (χ0v) is 16.8. The highest BCUT2D eigenvalue weighted by Crippen LogP contribution is 2.40. The number of aryl methyl sites for hydroxylation is 1. The second-order valence-electron chi connectivity index (χ2n) is 7.95. The monoisotopic (exact) mass is 375 g/mol. The van der Waals surface area contributed by atoms with Crippen molar-refractivity contribution in [3.63, 3.8) is 0 Å². The van der Waals surface area contributed by atoms with E-state index in [0.29, 0.717) is 36.0 Å². The molecule has 2 aromatic rings. The number of carbonyl (C=O) groups is 1. The predicted molar refractivity (Wildman–Crippen MR) is 104 cm³/mol. The third kappa shape index (κ3) is 4.72. The van der Waals surface area contributed by atoms with Crippen molar-refractivity contribution < 1.29 is 9.32 Å². The zero-order chi connectivity index (χ0) is 18.6. The molecule has 0 unspecified atom stereocenters. The fourth-order valence-corrected chi connectivity index (χ4v) is 4.34. The highest BCUT2D eigenvalue weighted by molar-refractivity contribution is 7.13. The molecular weight excluding hydrogens is 346 g/mol. The van der Waals surface area contributed by atoms with Crippen molar-refractivity contribution in [3.05, 3.63) is 23.4 Å². The summed E-state index contributed by atoms with van der Waals surface area (Å²) in [6.45, 7) is 7.01. The summed E-state index contributed by atoms with van der Waals surface area (Å²) in [5.41, 5.74) is 0.410. The van der Waals surface area contributed by atoms with Crippen LogP contribution in [0.25, 0.3) is 10.7 Å². The second-order valence-corrected chi connectivity index (χ2v) is 8.89. The number of nitrogens with zero attached hydrogens (tertiary/aromatic N) is 2. The van der Waals surface area contributed by atoms with Crippen LogP contribution in [0.5, 0.6) is 0 Å². The van der Waals surface area contributed by atoms with Crippen molar-refractivity contribution >= 4 is 17.2 Å². The number of carbonyl (C=O) groups excluding carboxylic acids is 1. The lowest BCUT2D eigenvalue weighted by Crippen LogP contribution is -2.40. The Morgan fingerprint density at radius 3 is 2.77 bits per heavy atom. The summed E-state index contributed by atoms with van der Waals surface area (Å²) in [4.78, 5) is 17.6. The van der Waals surface area contributed by atoms with Gasteiger partial charge in [0.2, 0.25) is 17.6 Å². The molecule has 1 amide bonds. The second kappa shape index (κ2) is 8.33. The maximum Gasteiger partial charge on any atom is 0.227 e. The van der Waals surface area contributed by atoms with Crippen LogP contribution in [-0.4, -0.2) is 22.1 Å². The average molecular weight is 376 g/mol. The van der Waals surface area contributed by atoms with Gasteiger partial charge in [-0.1, -0.05) is 38.4 Å². The largest absolute Gasteiger partial charge is 0.353 e. The van der Waals surface area contributed by atoms with Gasteiger partial charge in [0, 0.05) is 18.9 Å². The Balaban J connectivity index is 1.41. The van der Waals surface area contributed by atoms with Crippen LogP contribution in [-0.2, 0) is 11.2 Å². The Bertz CT molecular complexity index is 700. The molecular formula is C20H29N3O2S. The van der Waals surface area contributed by atoms with Crippen molar-refractivity contribution in [3.8, 4) is 10.7 Å². The van der Waals surface area contributed by atoms with Crippen LogP contribution >= 0.6 is 11.3 Å². The first-order valence-corrected chi connectivity index (χ1v) is 10.5. The average Bonchev–Trinajstić information content (AvgIpc) is 3.32. The van der Waals surface area contributed by atoms with E-state index in [1.807, 2.05) is 17.5 Å². The summed E-state index contributed by atoms with van der Waals surface area (Å²) in [6.07, 6.45) is 6.69. The van der Waals surface area contributed by atoms with E-state index < -0.39 is 0 Å². The summed E-state index contributed by atoms with van der Waals surface area (Å²) < 4.78 is 5.26. The standard InChI is InChI=1S/C20H29N3O2S/c1-4-20(2,3)14-7-9-15(10-8-14)21-17(24)11-12-18-22-19(23-25-18)16-6-5-13-26-16/h5-6,13-15H,4,7-12H2,1-3H3,(H,21,24). The van der Waals surface area contributed by atoms with Crippen molar-refractivity contribution in [1.29, 1.82) is 0 Å². The Kier molecular flexibility index (Phi) is 6.12. The number of hydrogen-bond donors (Lipinski definition) is 1. The van der Waals surface area contributed by atoms with Crippen molar-refractivity contribution in [1.82, 2.24) is 15.5 Å². The molecule has 3 rings (SSSR count). The van der Waals surface area contributed by atoms with E-state index in [-0.39, 0.29) is 5.91 Å². The van der Waals surface area contributed by atoms with Crippen LogP contribution in [0.3, 0.4) is 0 Å². The van der Waals surface area contributed by atoms with E-state index in [0.717, 1.165) is 23.6 Å². The van der Waals surface area contributed by atoms with E-state index in [1.54, 1.807) is 11.3 Å². The minimum Gasteiger partial charge on any atom is -0.353 e. The number of rotatable bonds is 7. The minimum absolute atomic E-state index is 0.0825. The van der Waals surface area contributed by atoms with Crippen LogP contribution in [0, 0.1) is 11.3 Å². The van der Waals surface area contributed by atoms with E-state index in [2.05, 4.69) is 36.2 Å². The van der Waals surface area contributed by atoms with Gasteiger partial charge in [-0.2, -0.15) is 4.98 Å². The molecule has 1 fully saturated rings. The zero-order valence-electron chi connectivity index (χ0n) is 16.0. The van der Waals surface area contributed by atoms with Gasteiger partial charge in [-0.3, -0.25) is 4.79 Å². The predicted octanol–water partition coefficient (Wildman–Crippen LogP) is 4.84.